The normalized spacial score (nSPS) is 18.7. The van der Waals surface area contributed by atoms with Gasteiger partial charge in [0, 0.05) is 66.0 Å². The van der Waals surface area contributed by atoms with E-state index in [2.05, 4.69) is 69.8 Å². The van der Waals surface area contributed by atoms with Crippen molar-refractivity contribution in [3.05, 3.63) is 61.2 Å². The molecule has 1 N–H and O–H groups in total. The van der Waals surface area contributed by atoms with Crippen LogP contribution in [0.4, 0.5) is 5.69 Å². The van der Waals surface area contributed by atoms with Gasteiger partial charge in [-0.05, 0) is 49.9 Å². The van der Waals surface area contributed by atoms with Crippen LogP contribution in [-0.2, 0) is 7.05 Å². The van der Waals surface area contributed by atoms with Crippen molar-refractivity contribution in [3.63, 3.8) is 0 Å². The third-order valence-corrected chi connectivity index (χ3v) is 7.20. The number of nitrogens with zero attached hydrogens (tertiary/aromatic N) is 7. The van der Waals surface area contributed by atoms with E-state index in [9.17, 15) is 0 Å². The maximum Gasteiger partial charge on any atom is 0.200 e. The Morgan fingerprint density at radius 2 is 1.82 bits per heavy atom. The van der Waals surface area contributed by atoms with Crippen molar-refractivity contribution in [2.24, 2.45) is 7.05 Å². The number of rotatable bonds is 4. The van der Waals surface area contributed by atoms with Crippen molar-refractivity contribution >= 4 is 34.0 Å². The second kappa shape index (κ2) is 8.41. The molecule has 8 nitrogen and oxygen atoms in total. The van der Waals surface area contributed by atoms with Gasteiger partial charge in [-0.25, -0.2) is 0 Å². The lowest BCUT2D eigenvalue weighted by atomic mass is 10.1. The average molecular weight is 471 g/mol. The van der Waals surface area contributed by atoms with E-state index in [0.717, 1.165) is 50.8 Å². The summed E-state index contributed by atoms with van der Waals surface area (Å²) in [6.07, 6.45) is 7.94. The second-order valence-electron chi connectivity index (χ2n) is 9.03. The lowest BCUT2D eigenvalue weighted by Gasteiger charge is -2.37. The smallest absolute Gasteiger partial charge is 0.200 e. The van der Waals surface area contributed by atoms with Gasteiger partial charge in [-0.15, -0.1) is 10.2 Å². The number of aryl methyl sites for hydroxylation is 1. The van der Waals surface area contributed by atoms with Crippen LogP contribution in [-0.4, -0.2) is 54.5 Å². The fourth-order valence-electron chi connectivity index (χ4n) is 4.69. The number of hydrogen-bond acceptors (Lipinski definition) is 7. The van der Waals surface area contributed by atoms with Crippen LogP contribution < -0.4 is 10.2 Å². The first kappa shape index (κ1) is 21.1. The number of benzene rings is 1. The summed E-state index contributed by atoms with van der Waals surface area (Å²) in [4.78, 5) is 8.37. The second-order valence-corrected chi connectivity index (χ2v) is 10.0. The van der Waals surface area contributed by atoms with Crippen LogP contribution in [0.5, 0.6) is 0 Å². The van der Waals surface area contributed by atoms with Crippen molar-refractivity contribution < 1.29 is 0 Å². The Morgan fingerprint density at radius 1 is 0.971 bits per heavy atom. The molecule has 6 rings (SSSR count). The van der Waals surface area contributed by atoms with Gasteiger partial charge in [0.15, 0.2) is 5.65 Å². The highest BCUT2D eigenvalue weighted by Crippen LogP contribution is 2.34. The third-order valence-electron chi connectivity index (χ3n) is 6.19. The van der Waals surface area contributed by atoms with Crippen molar-refractivity contribution in [1.29, 1.82) is 0 Å². The van der Waals surface area contributed by atoms with E-state index in [-0.39, 0.29) is 0 Å². The van der Waals surface area contributed by atoms with Crippen molar-refractivity contribution in [2.45, 2.75) is 36.0 Å². The Hall–Kier alpha value is -3.43. The highest BCUT2D eigenvalue weighted by molar-refractivity contribution is 7.99. The fraction of sp³-hybridized carbons (Fsp3) is 0.280. The highest BCUT2D eigenvalue weighted by Gasteiger charge is 2.22. The summed E-state index contributed by atoms with van der Waals surface area (Å²) in [6.45, 7) is 6.43. The van der Waals surface area contributed by atoms with Crippen LogP contribution in [0, 0.1) is 0 Å². The van der Waals surface area contributed by atoms with E-state index in [1.165, 1.54) is 5.69 Å². The van der Waals surface area contributed by atoms with Gasteiger partial charge >= 0.3 is 0 Å². The molecule has 0 unspecified atom stereocenters. The molecule has 1 fully saturated rings. The van der Waals surface area contributed by atoms with E-state index in [1.807, 2.05) is 42.2 Å². The molecule has 2 atom stereocenters. The predicted molar refractivity (Wildman–Crippen MR) is 135 cm³/mol. The zero-order valence-electron chi connectivity index (χ0n) is 19.4. The van der Waals surface area contributed by atoms with Gasteiger partial charge in [0.2, 0.25) is 5.16 Å². The predicted octanol–water partition coefficient (Wildman–Crippen LogP) is 4.02. The monoisotopic (exact) mass is 470 g/mol. The number of pyridine rings is 2. The molecule has 1 aliphatic rings. The molecule has 1 saturated heterocycles. The molecule has 172 valence electrons. The maximum absolute atomic E-state index is 4.88. The van der Waals surface area contributed by atoms with Gasteiger partial charge in [0.25, 0.3) is 0 Å². The molecular formula is C25H26N8S. The molecule has 34 heavy (non-hydrogen) atoms. The van der Waals surface area contributed by atoms with Crippen molar-refractivity contribution in [1.82, 2.24) is 34.7 Å². The van der Waals surface area contributed by atoms with E-state index >= 15 is 0 Å². The molecule has 0 amide bonds. The number of piperazine rings is 1. The van der Waals surface area contributed by atoms with Gasteiger partial charge < -0.3 is 10.2 Å². The molecule has 0 bridgehead atoms. The Balaban J connectivity index is 1.34. The first-order chi connectivity index (χ1) is 16.5. The molecule has 0 saturated carbocycles. The number of anilines is 1. The maximum atomic E-state index is 4.88. The molecule has 1 aromatic carbocycles. The minimum atomic E-state index is 0.458. The van der Waals surface area contributed by atoms with Crippen LogP contribution in [0.2, 0.25) is 0 Å². The summed E-state index contributed by atoms with van der Waals surface area (Å²) in [6, 6.07) is 13.5. The number of para-hydroxylation sites is 1. The van der Waals surface area contributed by atoms with Crippen LogP contribution in [0.15, 0.2) is 71.2 Å². The highest BCUT2D eigenvalue weighted by atomic mass is 32.2. The quantitative estimate of drug-likeness (QED) is 0.425. The van der Waals surface area contributed by atoms with E-state index in [1.54, 1.807) is 16.4 Å². The summed E-state index contributed by atoms with van der Waals surface area (Å²) >= 11 is 1.59. The zero-order chi connectivity index (χ0) is 23.2. The minimum Gasteiger partial charge on any atom is -0.367 e. The fourth-order valence-corrected chi connectivity index (χ4v) is 5.63. The van der Waals surface area contributed by atoms with E-state index in [4.69, 9.17) is 4.98 Å². The number of nitrogens with one attached hydrogen (secondary N) is 1. The zero-order valence-corrected chi connectivity index (χ0v) is 20.2. The Labute approximate surface area is 202 Å². The lowest BCUT2D eigenvalue weighted by Crippen LogP contribution is -2.54. The first-order valence-electron chi connectivity index (χ1n) is 11.4. The number of aromatic nitrogens is 6. The third kappa shape index (κ3) is 3.91. The summed E-state index contributed by atoms with van der Waals surface area (Å²) in [7, 11) is 1.92. The molecule has 0 radical (unpaired) electrons. The molecule has 1 aliphatic heterocycles. The summed E-state index contributed by atoms with van der Waals surface area (Å²) in [5.41, 5.74) is 5.09. The van der Waals surface area contributed by atoms with Crippen LogP contribution in [0.3, 0.4) is 0 Å². The topological polar surface area (TPSA) is 76.2 Å². The SMILES string of the molecule is C[C@@H]1CN(c2cnc3c(Sc4nnc5ccc(-c6cnn(C)c6)cn45)cccc3c2)C[C@H](C)N1. The molecule has 4 aromatic heterocycles. The molecule has 5 heterocycles. The van der Waals surface area contributed by atoms with Crippen LogP contribution in [0.1, 0.15) is 13.8 Å². The summed E-state index contributed by atoms with van der Waals surface area (Å²) in [5, 5.41) is 18.6. The summed E-state index contributed by atoms with van der Waals surface area (Å²) < 4.78 is 3.84. The molecule has 9 heteroatoms. The first-order valence-corrected chi connectivity index (χ1v) is 12.3. The van der Waals surface area contributed by atoms with E-state index in [0.29, 0.717) is 12.1 Å². The van der Waals surface area contributed by atoms with Crippen molar-refractivity contribution in [3.8, 4) is 11.1 Å². The van der Waals surface area contributed by atoms with Crippen LogP contribution in [0.25, 0.3) is 27.7 Å². The molecular weight excluding hydrogens is 444 g/mol. The molecule has 5 aromatic rings. The minimum absolute atomic E-state index is 0.458. The standard InChI is InChI=1S/C25H26N8S/c1-16-12-32(13-17(2)28-16)21-9-18-5-4-6-22(24(18)26-11-21)34-25-30-29-23-8-7-19(15-33(23)25)20-10-27-31(3)14-20/h4-11,14-17,28H,12-13H2,1-3H3/t16-,17+. The largest absolute Gasteiger partial charge is 0.367 e. The van der Waals surface area contributed by atoms with Gasteiger partial charge in [-0.2, -0.15) is 5.10 Å². The number of hydrogen-bond donors (Lipinski definition) is 1. The summed E-state index contributed by atoms with van der Waals surface area (Å²) in [5.74, 6) is 0. The van der Waals surface area contributed by atoms with Crippen LogP contribution >= 0.6 is 11.8 Å². The molecule has 0 spiro atoms. The number of fused-ring (bicyclic) bond motifs is 2. The Bertz CT molecular complexity index is 1480. The lowest BCUT2D eigenvalue weighted by molar-refractivity contribution is 0.407. The van der Waals surface area contributed by atoms with Gasteiger partial charge in [-0.3, -0.25) is 14.1 Å². The van der Waals surface area contributed by atoms with Gasteiger partial charge in [0.05, 0.1) is 23.6 Å². The average Bonchev–Trinajstić information content (AvgIpc) is 3.44. The Morgan fingerprint density at radius 3 is 2.62 bits per heavy atom. The Kier molecular flexibility index (Phi) is 5.23. The van der Waals surface area contributed by atoms with Gasteiger partial charge in [0.1, 0.15) is 0 Å². The van der Waals surface area contributed by atoms with E-state index < -0.39 is 0 Å². The van der Waals surface area contributed by atoms with Gasteiger partial charge in [-0.1, -0.05) is 12.1 Å². The van der Waals surface area contributed by atoms with Crippen molar-refractivity contribution in [2.75, 3.05) is 18.0 Å². The molecule has 0 aliphatic carbocycles.